The van der Waals surface area contributed by atoms with Crippen LogP contribution in [0.2, 0.25) is 0 Å². The highest BCUT2D eigenvalue weighted by Gasteiger charge is 2.63. The van der Waals surface area contributed by atoms with Crippen molar-refractivity contribution in [3.05, 3.63) is 92.6 Å². The van der Waals surface area contributed by atoms with Crippen molar-refractivity contribution in [1.29, 1.82) is 0 Å². The molecule has 10 heteroatoms. The maximum Gasteiger partial charge on any atom is 0.342 e. The minimum atomic E-state index is -1.50. The van der Waals surface area contributed by atoms with E-state index < -0.39 is 81.3 Å². The zero-order chi connectivity index (χ0) is 28.4. The second kappa shape index (κ2) is 7.71. The number of rotatable bonds is 0. The van der Waals surface area contributed by atoms with Crippen LogP contribution < -0.4 is 0 Å². The molecular weight excluding hydrogens is 520 g/mol. The summed E-state index contributed by atoms with van der Waals surface area (Å²) in [6.45, 7) is 1.67. The molecule has 1 aliphatic heterocycles. The molecule has 0 fully saturated rings. The van der Waals surface area contributed by atoms with E-state index in [4.69, 9.17) is 4.74 Å². The molecule has 0 saturated heterocycles. The van der Waals surface area contributed by atoms with Gasteiger partial charge in [0.1, 0.15) is 40.8 Å². The maximum absolute atomic E-state index is 13.9. The van der Waals surface area contributed by atoms with E-state index in [1.54, 1.807) is 19.1 Å². The predicted molar refractivity (Wildman–Crippen MR) is 136 cm³/mol. The monoisotopic (exact) mass is 542 g/mol. The fourth-order valence-corrected chi connectivity index (χ4v) is 7.20. The molecule has 10 nitrogen and oxygen atoms in total. The third kappa shape index (κ3) is 2.76. The lowest BCUT2D eigenvalue weighted by Gasteiger charge is -2.46. The normalized spacial score (nSPS) is 27.5. The summed E-state index contributed by atoms with van der Waals surface area (Å²) >= 11 is 0. The second-order valence-corrected chi connectivity index (χ2v) is 10.8. The molecule has 0 bridgehead atoms. The lowest BCUT2D eigenvalue weighted by molar-refractivity contribution is -0.119. The number of carbonyl (C=O) groups excluding carboxylic acids is 3. The molecular formula is C30H22O10. The van der Waals surface area contributed by atoms with Gasteiger partial charge < -0.3 is 35.4 Å². The summed E-state index contributed by atoms with van der Waals surface area (Å²) in [4.78, 5) is 40.7. The Hall–Kier alpha value is -4.67. The van der Waals surface area contributed by atoms with Crippen LogP contribution in [0.15, 0.2) is 42.5 Å². The Kier molecular flexibility index (Phi) is 4.70. The van der Waals surface area contributed by atoms with Gasteiger partial charge in [0.05, 0.1) is 28.2 Å². The Morgan fingerprint density at radius 1 is 0.775 bits per heavy atom. The van der Waals surface area contributed by atoms with Crippen LogP contribution in [0.1, 0.15) is 76.5 Å². The van der Waals surface area contributed by atoms with Gasteiger partial charge in [0.15, 0.2) is 5.78 Å². The summed E-state index contributed by atoms with van der Waals surface area (Å²) in [5.74, 6) is -5.52. The van der Waals surface area contributed by atoms with Crippen molar-refractivity contribution in [2.45, 2.75) is 37.6 Å². The van der Waals surface area contributed by atoms with Gasteiger partial charge in [-0.2, -0.15) is 0 Å². The van der Waals surface area contributed by atoms with E-state index in [9.17, 15) is 45.0 Å². The number of phenolic OH excluding ortho intramolecular Hbond substituents is 4. The number of aliphatic hydroxyl groups excluding tert-OH is 2. The summed E-state index contributed by atoms with van der Waals surface area (Å²) in [7, 11) is 0. The third-order valence-corrected chi connectivity index (χ3v) is 8.76. The quantitative estimate of drug-likeness (QED) is 0.110. The number of fused-ring (bicyclic) bond motifs is 6. The smallest absolute Gasteiger partial charge is 0.342 e. The lowest BCUT2D eigenvalue weighted by Crippen LogP contribution is -2.52. The van der Waals surface area contributed by atoms with Crippen molar-refractivity contribution in [2.24, 2.45) is 5.41 Å². The molecule has 7 rings (SSSR count). The molecule has 3 aliphatic carbocycles. The van der Waals surface area contributed by atoms with E-state index in [0.717, 1.165) is 12.1 Å². The molecule has 1 heterocycles. The minimum absolute atomic E-state index is 0.0805. The number of aromatic hydroxyl groups is 4. The third-order valence-electron chi connectivity index (χ3n) is 8.76. The van der Waals surface area contributed by atoms with Crippen LogP contribution in [0.5, 0.6) is 23.0 Å². The fraction of sp³-hybridized carbons (Fsp3) is 0.233. The molecule has 40 heavy (non-hydrogen) atoms. The number of benzene rings is 3. The first-order valence-corrected chi connectivity index (χ1v) is 12.6. The van der Waals surface area contributed by atoms with Crippen LogP contribution in [0.3, 0.4) is 0 Å². The zero-order valence-electron chi connectivity index (χ0n) is 20.9. The van der Waals surface area contributed by atoms with Gasteiger partial charge in [-0.25, -0.2) is 4.79 Å². The highest BCUT2D eigenvalue weighted by molar-refractivity contribution is 6.31. The van der Waals surface area contributed by atoms with Gasteiger partial charge in [-0.15, -0.1) is 0 Å². The van der Waals surface area contributed by atoms with Crippen LogP contribution in [-0.4, -0.2) is 60.4 Å². The molecule has 1 spiro atoms. The molecule has 4 aliphatic rings. The number of allylic oxidation sites excluding steroid dienone is 1. The predicted octanol–water partition coefficient (Wildman–Crippen LogP) is 2.42. The largest absolute Gasteiger partial charge is 0.507 e. The highest BCUT2D eigenvalue weighted by Crippen LogP contribution is 2.63. The molecule has 0 radical (unpaired) electrons. The van der Waals surface area contributed by atoms with Crippen molar-refractivity contribution >= 4 is 17.5 Å². The topological polar surface area (TPSA) is 182 Å². The summed E-state index contributed by atoms with van der Waals surface area (Å²) in [6, 6.07) is 6.35. The average Bonchev–Trinajstić information content (AvgIpc) is 3.18. The number of esters is 1. The Labute approximate surface area is 226 Å². The van der Waals surface area contributed by atoms with Crippen molar-refractivity contribution < 1.29 is 49.8 Å². The second-order valence-electron chi connectivity index (χ2n) is 10.8. The Morgan fingerprint density at radius 2 is 1.38 bits per heavy atom. The van der Waals surface area contributed by atoms with Crippen molar-refractivity contribution in [1.82, 2.24) is 0 Å². The first-order valence-electron chi connectivity index (χ1n) is 12.6. The summed E-state index contributed by atoms with van der Waals surface area (Å²) < 4.78 is 5.75. The van der Waals surface area contributed by atoms with E-state index in [1.807, 2.05) is 0 Å². The molecule has 0 aromatic heterocycles. The van der Waals surface area contributed by atoms with Crippen LogP contribution in [0.4, 0.5) is 0 Å². The van der Waals surface area contributed by atoms with Gasteiger partial charge in [0, 0.05) is 11.5 Å². The van der Waals surface area contributed by atoms with Gasteiger partial charge in [0.2, 0.25) is 5.78 Å². The number of ether oxygens (including phenoxy) is 1. The summed E-state index contributed by atoms with van der Waals surface area (Å²) in [6.07, 6.45) is -1.33. The Morgan fingerprint density at radius 3 is 2.05 bits per heavy atom. The number of phenols is 4. The maximum atomic E-state index is 13.9. The van der Waals surface area contributed by atoms with E-state index in [2.05, 4.69) is 0 Å². The zero-order valence-corrected chi connectivity index (χ0v) is 20.9. The Bertz CT molecular complexity index is 1770. The molecule has 0 saturated carbocycles. The number of hydrogen-bond acceptors (Lipinski definition) is 10. The molecule has 202 valence electrons. The lowest BCUT2D eigenvalue weighted by atomic mass is 9.61. The van der Waals surface area contributed by atoms with E-state index in [-0.39, 0.29) is 34.2 Å². The number of aryl methyl sites for hydroxylation is 1. The molecule has 0 amide bonds. The molecule has 5 atom stereocenters. The number of aliphatic hydroxyl groups is 2. The fourth-order valence-electron chi connectivity index (χ4n) is 7.20. The van der Waals surface area contributed by atoms with Crippen molar-refractivity contribution in [2.75, 3.05) is 0 Å². The Balaban J connectivity index is 1.52. The van der Waals surface area contributed by atoms with Crippen LogP contribution in [0, 0.1) is 12.3 Å². The van der Waals surface area contributed by atoms with Crippen LogP contribution in [0.25, 0.3) is 0 Å². The molecule has 1 unspecified atom stereocenters. The van der Waals surface area contributed by atoms with Crippen molar-refractivity contribution in [3.8, 4) is 23.0 Å². The molecule has 6 N–H and O–H groups in total. The number of hydrogen-bond donors (Lipinski definition) is 6. The first kappa shape index (κ1) is 24.4. The number of ketones is 2. The molecule has 3 aromatic carbocycles. The SMILES string of the molecule is Cc1cc(O)c2c(c1)[C@H](O)C13Cc4cc(O)c5c(c4[C@H]1C=C[C@@H](O)[C@H]3OC2=O)C(=O)c1c(O)ccc(O)c1C5=O. The summed E-state index contributed by atoms with van der Waals surface area (Å²) in [5.41, 5.74) is -1.88. The average molecular weight is 542 g/mol. The summed E-state index contributed by atoms with van der Waals surface area (Å²) in [5, 5.41) is 65.5. The van der Waals surface area contributed by atoms with Gasteiger partial charge in [-0.3, -0.25) is 9.59 Å². The van der Waals surface area contributed by atoms with E-state index in [1.165, 1.54) is 18.2 Å². The van der Waals surface area contributed by atoms with Crippen LogP contribution in [-0.2, 0) is 11.2 Å². The number of carbonyl (C=O) groups is 3. The van der Waals surface area contributed by atoms with E-state index >= 15 is 0 Å². The van der Waals surface area contributed by atoms with Gasteiger partial charge in [-0.1, -0.05) is 18.2 Å². The van der Waals surface area contributed by atoms with Gasteiger partial charge >= 0.3 is 5.97 Å². The highest BCUT2D eigenvalue weighted by atomic mass is 16.6. The van der Waals surface area contributed by atoms with Gasteiger partial charge in [-0.05, 0) is 59.9 Å². The molecule has 3 aromatic rings. The van der Waals surface area contributed by atoms with Gasteiger partial charge in [0.25, 0.3) is 0 Å². The minimum Gasteiger partial charge on any atom is -0.507 e. The first-order chi connectivity index (χ1) is 19.0. The van der Waals surface area contributed by atoms with E-state index in [0.29, 0.717) is 11.1 Å². The standard InChI is InChI=1S/C30H22O10/c1-10-6-12-20(17(34)7-10)29(39)40-28-16(33)3-2-13-19-11(9-30(13,28)27(12)38)8-18(35)23-24(19)26(37)22-15(32)5-4-14(31)21(22)25(23)36/h2-8,13,16,27-28,31-35,38H,9H2,1H3/t13-,16-,27+,28-,30?/m1/s1. The van der Waals surface area contributed by atoms with Crippen molar-refractivity contribution in [3.63, 3.8) is 0 Å². The van der Waals surface area contributed by atoms with Crippen LogP contribution >= 0.6 is 0 Å².